The molecule has 1 heterocycles. The predicted molar refractivity (Wildman–Crippen MR) is 42.3 cm³/mol. The third-order valence-corrected chi connectivity index (χ3v) is 7.67. The van der Waals surface area contributed by atoms with Crippen molar-refractivity contribution in [2.45, 2.75) is 14.2 Å². The summed E-state index contributed by atoms with van der Waals surface area (Å²) in [5.41, 5.74) is 0. The van der Waals surface area contributed by atoms with E-state index >= 15 is 0 Å². The van der Waals surface area contributed by atoms with Crippen molar-refractivity contribution in [3.63, 3.8) is 0 Å². The Kier molecular flexibility index (Phi) is 3.38. The van der Waals surface area contributed by atoms with E-state index in [1.807, 2.05) is 11.8 Å². The first-order valence-electron chi connectivity index (χ1n) is 2.30. The van der Waals surface area contributed by atoms with Gasteiger partial charge in [-0.15, -0.1) is 0 Å². The maximum absolute atomic E-state index is 5.81. The quantitative estimate of drug-likeness (QED) is 0.495. The third-order valence-electron chi connectivity index (χ3n) is 0.839. The van der Waals surface area contributed by atoms with Crippen LogP contribution in [0.1, 0.15) is 0 Å². The number of hydrogen-bond acceptors (Lipinski definition) is 1. The minimum atomic E-state index is 0.360. The Balaban J connectivity index is 2.22. The van der Waals surface area contributed by atoms with E-state index in [4.69, 9.17) is 23.2 Å². The SMILES string of the molecule is ClCC1SC(Cl)C[Se]1. The van der Waals surface area contributed by atoms with Gasteiger partial charge in [0, 0.05) is 0 Å². The van der Waals surface area contributed by atoms with E-state index in [0.29, 0.717) is 23.8 Å². The summed E-state index contributed by atoms with van der Waals surface area (Å²) in [6.45, 7) is 0. The summed E-state index contributed by atoms with van der Waals surface area (Å²) in [5.74, 6) is 0.786. The molecule has 0 aromatic heterocycles. The van der Waals surface area contributed by atoms with Gasteiger partial charge in [-0.25, -0.2) is 0 Å². The maximum atomic E-state index is 5.81. The zero-order chi connectivity index (χ0) is 5.98. The molecule has 0 radical (unpaired) electrons. The van der Waals surface area contributed by atoms with Crippen LogP contribution in [0.2, 0.25) is 5.32 Å². The first kappa shape index (κ1) is 7.56. The summed E-state index contributed by atoms with van der Waals surface area (Å²) in [4.78, 5) is 0. The van der Waals surface area contributed by atoms with Gasteiger partial charge < -0.3 is 0 Å². The van der Waals surface area contributed by atoms with Gasteiger partial charge in [0.15, 0.2) is 0 Å². The van der Waals surface area contributed by atoms with Gasteiger partial charge in [0.25, 0.3) is 0 Å². The van der Waals surface area contributed by atoms with Crippen LogP contribution in [0.3, 0.4) is 0 Å². The number of hydrogen-bond donors (Lipinski definition) is 0. The van der Waals surface area contributed by atoms with Crippen molar-refractivity contribution in [2.75, 3.05) is 5.88 Å². The van der Waals surface area contributed by atoms with E-state index in [1.165, 1.54) is 5.32 Å². The van der Waals surface area contributed by atoms with Crippen LogP contribution in [-0.2, 0) is 0 Å². The predicted octanol–water partition coefficient (Wildman–Crippen LogP) is 1.99. The molecule has 0 nitrogen and oxygen atoms in total. The summed E-state index contributed by atoms with van der Waals surface area (Å²) >= 11 is 13.9. The van der Waals surface area contributed by atoms with E-state index in [0.717, 1.165) is 5.88 Å². The standard InChI is InChI=1S/C4H6Cl2SSe/c5-1-4-7-3(6)2-8-4/h3-4H,1-2H2. The first-order chi connectivity index (χ1) is 3.83. The Bertz CT molecular complexity index is 80.4. The molecule has 0 N–H and O–H groups in total. The van der Waals surface area contributed by atoms with Crippen LogP contribution in [0.5, 0.6) is 0 Å². The molecule has 1 rings (SSSR count). The number of alkyl halides is 2. The molecule has 0 aromatic carbocycles. The molecule has 1 aliphatic rings. The Morgan fingerprint density at radius 1 is 1.75 bits per heavy atom. The first-order valence-corrected chi connectivity index (χ1v) is 6.41. The van der Waals surface area contributed by atoms with Crippen LogP contribution < -0.4 is 0 Å². The molecule has 2 unspecified atom stereocenters. The van der Waals surface area contributed by atoms with Gasteiger partial charge in [-0.1, -0.05) is 0 Å². The van der Waals surface area contributed by atoms with Gasteiger partial charge in [0.05, 0.1) is 0 Å². The minimum absolute atomic E-state index is 0.360. The van der Waals surface area contributed by atoms with E-state index in [9.17, 15) is 0 Å². The van der Waals surface area contributed by atoms with Crippen molar-refractivity contribution in [1.29, 1.82) is 0 Å². The fraction of sp³-hybridized carbons (Fsp3) is 1.00. The Morgan fingerprint density at radius 2 is 2.50 bits per heavy atom. The van der Waals surface area contributed by atoms with Crippen LogP contribution >= 0.6 is 35.0 Å². The van der Waals surface area contributed by atoms with Crippen molar-refractivity contribution in [1.82, 2.24) is 0 Å². The summed E-state index contributed by atoms with van der Waals surface area (Å²) in [6.07, 6.45) is 0. The average molecular weight is 236 g/mol. The molecule has 4 heteroatoms. The van der Waals surface area contributed by atoms with Crippen molar-refractivity contribution in [3.05, 3.63) is 0 Å². The molecule has 1 fully saturated rings. The molecule has 0 aliphatic carbocycles. The van der Waals surface area contributed by atoms with Crippen LogP contribution in [0.25, 0.3) is 0 Å². The summed E-state index contributed by atoms with van der Waals surface area (Å²) in [6, 6.07) is 0. The second-order valence-corrected chi connectivity index (χ2v) is 7.23. The molecule has 2 atom stereocenters. The van der Waals surface area contributed by atoms with E-state index in [2.05, 4.69) is 0 Å². The molecule has 0 amide bonds. The molecule has 0 spiro atoms. The third kappa shape index (κ3) is 2.00. The molecule has 0 bridgehead atoms. The van der Waals surface area contributed by atoms with Crippen LogP contribution in [0.4, 0.5) is 0 Å². The van der Waals surface area contributed by atoms with Gasteiger partial charge in [0.2, 0.25) is 0 Å². The van der Waals surface area contributed by atoms with Crippen molar-refractivity contribution < 1.29 is 0 Å². The van der Waals surface area contributed by atoms with Crippen LogP contribution in [0, 0.1) is 0 Å². The zero-order valence-corrected chi connectivity index (χ0v) is 8.18. The second kappa shape index (κ2) is 3.58. The topological polar surface area (TPSA) is 0 Å². The Labute approximate surface area is 69.8 Å². The van der Waals surface area contributed by atoms with Gasteiger partial charge in [-0.05, 0) is 0 Å². The fourth-order valence-electron chi connectivity index (χ4n) is 0.507. The van der Waals surface area contributed by atoms with Gasteiger partial charge in [-0.3, -0.25) is 0 Å². The molecule has 1 aliphatic heterocycles. The van der Waals surface area contributed by atoms with E-state index in [1.54, 1.807) is 0 Å². The van der Waals surface area contributed by atoms with E-state index < -0.39 is 0 Å². The molecule has 1 saturated heterocycles. The monoisotopic (exact) mass is 236 g/mol. The zero-order valence-electron chi connectivity index (χ0n) is 4.14. The molecule has 0 saturated carbocycles. The van der Waals surface area contributed by atoms with Crippen molar-refractivity contribution >= 4 is 49.9 Å². The summed E-state index contributed by atoms with van der Waals surface area (Å²) in [7, 11) is 0. The molecule has 0 aromatic rings. The van der Waals surface area contributed by atoms with Crippen LogP contribution in [-0.4, -0.2) is 29.7 Å². The average Bonchev–Trinajstić information content (AvgIpc) is 2.14. The molecular weight excluding hydrogens is 230 g/mol. The van der Waals surface area contributed by atoms with E-state index in [-0.39, 0.29) is 0 Å². The summed E-state index contributed by atoms with van der Waals surface area (Å²) < 4.78 is 1.05. The van der Waals surface area contributed by atoms with Gasteiger partial charge in [-0.2, -0.15) is 0 Å². The molecular formula is C4H6Cl2SSe. The normalized spacial score (nSPS) is 38.2. The number of rotatable bonds is 1. The van der Waals surface area contributed by atoms with Crippen molar-refractivity contribution in [2.24, 2.45) is 0 Å². The summed E-state index contributed by atoms with van der Waals surface area (Å²) in [5, 5.41) is 1.19. The fourth-order valence-corrected chi connectivity index (χ4v) is 6.52. The van der Waals surface area contributed by atoms with Crippen LogP contribution in [0.15, 0.2) is 0 Å². The number of thioether (sulfide) groups is 1. The van der Waals surface area contributed by atoms with Crippen molar-refractivity contribution in [3.8, 4) is 0 Å². The molecule has 48 valence electrons. The Morgan fingerprint density at radius 3 is 2.75 bits per heavy atom. The van der Waals surface area contributed by atoms with Gasteiger partial charge >= 0.3 is 70.0 Å². The Hall–Kier alpha value is 1.45. The number of halogens is 2. The molecule has 8 heavy (non-hydrogen) atoms. The van der Waals surface area contributed by atoms with Gasteiger partial charge in [0.1, 0.15) is 0 Å². The second-order valence-electron chi connectivity index (χ2n) is 1.46.